The molecule has 0 saturated heterocycles. The summed E-state index contributed by atoms with van der Waals surface area (Å²) in [5.41, 5.74) is 2.74. The average molecular weight is 428 g/mol. The van der Waals surface area contributed by atoms with E-state index in [1.807, 2.05) is 78.9 Å². The molecular formula is C26H25N3OS. The van der Waals surface area contributed by atoms with Crippen molar-refractivity contribution in [2.45, 2.75) is 36.0 Å². The Morgan fingerprint density at radius 2 is 1.65 bits per heavy atom. The molecule has 1 amide bonds. The van der Waals surface area contributed by atoms with Crippen molar-refractivity contribution in [1.29, 1.82) is 5.26 Å². The van der Waals surface area contributed by atoms with Crippen molar-refractivity contribution in [2.75, 3.05) is 10.6 Å². The zero-order valence-electron chi connectivity index (χ0n) is 17.6. The molecule has 3 rings (SSSR count). The lowest BCUT2D eigenvalue weighted by atomic mass is 9.97. The van der Waals surface area contributed by atoms with E-state index in [2.05, 4.69) is 30.5 Å². The minimum absolute atomic E-state index is 0.0125. The Bertz CT molecular complexity index is 1100. The predicted molar refractivity (Wildman–Crippen MR) is 128 cm³/mol. The van der Waals surface area contributed by atoms with Crippen LogP contribution in [-0.2, 0) is 4.79 Å². The number of nitrogens with zero attached hydrogens (tertiary/aromatic N) is 1. The van der Waals surface area contributed by atoms with E-state index in [1.54, 1.807) is 11.8 Å². The van der Waals surface area contributed by atoms with Crippen molar-refractivity contribution in [2.24, 2.45) is 0 Å². The van der Waals surface area contributed by atoms with E-state index >= 15 is 0 Å². The molecule has 0 fully saturated rings. The molecule has 0 saturated carbocycles. The van der Waals surface area contributed by atoms with Crippen molar-refractivity contribution >= 4 is 29.0 Å². The van der Waals surface area contributed by atoms with E-state index in [1.165, 1.54) is 6.20 Å². The molecule has 0 heterocycles. The van der Waals surface area contributed by atoms with Crippen LogP contribution in [0, 0.1) is 11.3 Å². The van der Waals surface area contributed by atoms with Gasteiger partial charge in [0.1, 0.15) is 11.6 Å². The highest BCUT2D eigenvalue weighted by Crippen LogP contribution is 2.33. The molecule has 3 aromatic carbocycles. The van der Waals surface area contributed by atoms with Crippen LogP contribution in [0.4, 0.5) is 11.4 Å². The SMILES string of the molecule is CCC(C)c1ccccc1N/C=C(/C#N)C(=O)Nc1ccccc1Sc1ccccc1. The van der Waals surface area contributed by atoms with Crippen molar-refractivity contribution in [3.05, 3.63) is 96.2 Å². The summed E-state index contributed by atoms with van der Waals surface area (Å²) in [5.74, 6) is -0.0736. The van der Waals surface area contributed by atoms with Gasteiger partial charge in [0, 0.05) is 21.7 Å². The Kier molecular flexibility index (Phi) is 7.91. The highest BCUT2D eigenvalue weighted by Gasteiger charge is 2.13. The van der Waals surface area contributed by atoms with Gasteiger partial charge in [-0.05, 0) is 48.2 Å². The van der Waals surface area contributed by atoms with Crippen molar-refractivity contribution in [3.63, 3.8) is 0 Å². The molecule has 0 spiro atoms. The maximum atomic E-state index is 12.8. The Balaban J connectivity index is 1.76. The summed E-state index contributed by atoms with van der Waals surface area (Å²) >= 11 is 1.56. The lowest BCUT2D eigenvalue weighted by molar-refractivity contribution is -0.112. The third-order valence-corrected chi connectivity index (χ3v) is 6.03. The van der Waals surface area contributed by atoms with Gasteiger partial charge in [0.2, 0.25) is 0 Å². The zero-order valence-corrected chi connectivity index (χ0v) is 18.4. The van der Waals surface area contributed by atoms with Gasteiger partial charge in [0.05, 0.1) is 5.69 Å². The first kappa shape index (κ1) is 22.2. The Morgan fingerprint density at radius 3 is 2.35 bits per heavy atom. The first-order chi connectivity index (χ1) is 15.1. The molecule has 3 aromatic rings. The molecule has 0 aliphatic rings. The van der Waals surface area contributed by atoms with E-state index in [0.29, 0.717) is 11.6 Å². The molecule has 0 aromatic heterocycles. The van der Waals surface area contributed by atoms with Gasteiger partial charge in [-0.1, -0.05) is 74.1 Å². The number of benzene rings is 3. The van der Waals surface area contributed by atoms with E-state index in [0.717, 1.165) is 27.5 Å². The molecule has 5 heteroatoms. The predicted octanol–water partition coefficient (Wildman–Crippen LogP) is 6.81. The summed E-state index contributed by atoms with van der Waals surface area (Å²) in [6.45, 7) is 4.29. The highest BCUT2D eigenvalue weighted by molar-refractivity contribution is 7.99. The number of hydrogen-bond acceptors (Lipinski definition) is 4. The van der Waals surface area contributed by atoms with E-state index in [4.69, 9.17) is 0 Å². The summed E-state index contributed by atoms with van der Waals surface area (Å²) in [6, 6.07) is 27.5. The van der Waals surface area contributed by atoms with Crippen LogP contribution < -0.4 is 10.6 Å². The molecule has 0 aliphatic carbocycles. The summed E-state index contributed by atoms with van der Waals surface area (Å²) in [6.07, 6.45) is 2.48. The smallest absolute Gasteiger partial charge is 0.267 e. The van der Waals surface area contributed by atoms with E-state index in [-0.39, 0.29) is 5.57 Å². The number of carbonyl (C=O) groups is 1. The second-order valence-electron chi connectivity index (χ2n) is 7.08. The fourth-order valence-corrected chi connectivity index (χ4v) is 3.96. The number of hydrogen-bond donors (Lipinski definition) is 2. The largest absolute Gasteiger partial charge is 0.360 e. The highest BCUT2D eigenvalue weighted by atomic mass is 32.2. The van der Waals surface area contributed by atoms with E-state index < -0.39 is 5.91 Å². The van der Waals surface area contributed by atoms with Gasteiger partial charge in [0.25, 0.3) is 5.91 Å². The van der Waals surface area contributed by atoms with E-state index in [9.17, 15) is 10.1 Å². The molecule has 156 valence electrons. The van der Waals surface area contributed by atoms with Crippen LogP contribution in [0.15, 0.2) is 100 Å². The summed E-state index contributed by atoms with van der Waals surface area (Å²) in [4.78, 5) is 14.8. The Labute approximate surface area is 188 Å². The van der Waals surface area contributed by atoms with Gasteiger partial charge < -0.3 is 10.6 Å². The molecule has 0 aliphatic heterocycles. The third kappa shape index (κ3) is 6.00. The fraction of sp³-hybridized carbons (Fsp3) is 0.154. The minimum atomic E-state index is -0.447. The van der Waals surface area contributed by atoms with Crippen LogP contribution in [0.5, 0.6) is 0 Å². The van der Waals surface area contributed by atoms with Gasteiger partial charge >= 0.3 is 0 Å². The molecule has 4 nitrogen and oxygen atoms in total. The molecule has 2 N–H and O–H groups in total. The molecule has 1 unspecified atom stereocenters. The van der Waals surface area contributed by atoms with Crippen molar-refractivity contribution in [3.8, 4) is 6.07 Å². The maximum Gasteiger partial charge on any atom is 0.267 e. The van der Waals surface area contributed by atoms with Gasteiger partial charge in [-0.15, -0.1) is 0 Å². The second-order valence-corrected chi connectivity index (χ2v) is 8.19. The van der Waals surface area contributed by atoms with Gasteiger partial charge in [-0.2, -0.15) is 5.26 Å². The fourth-order valence-electron chi connectivity index (χ4n) is 3.04. The Hall–Kier alpha value is -3.49. The van der Waals surface area contributed by atoms with Crippen LogP contribution in [0.1, 0.15) is 31.7 Å². The third-order valence-electron chi connectivity index (χ3n) is 4.95. The second kappa shape index (κ2) is 11.1. The summed E-state index contributed by atoms with van der Waals surface area (Å²) < 4.78 is 0. The number of amides is 1. The van der Waals surface area contributed by atoms with Crippen LogP contribution in [0.2, 0.25) is 0 Å². The Morgan fingerprint density at radius 1 is 1.00 bits per heavy atom. The van der Waals surface area contributed by atoms with Crippen molar-refractivity contribution < 1.29 is 4.79 Å². The number of carbonyl (C=O) groups excluding carboxylic acids is 1. The molecular weight excluding hydrogens is 402 g/mol. The lowest BCUT2D eigenvalue weighted by Gasteiger charge is -2.15. The van der Waals surface area contributed by atoms with Gasteiger partial charge in [0.15, 0.2) is 0 Å². The lowest BCUT2D eigenvalue weighted by Crippen LogP contribution is -2.15. The standard InChI is InChI=1S/C26H25N3OS/c1-3-19(2)22-13-7-8-14-23(22)28-18-20(17-27)26(30)29-24-15-9-10-16-25(24)31-21-11-5-4-6-12-21/h4-16,18-19,28H,3H2,1-2H3,(H,29,30)/b20-18-. The molecule has 0 radical (unpaired) electrons. The number of nitrogens with one attached hydrogen (secondary N) is 2. The minimum Gasteiger partial charge on any atom is -0.360 e. The zero-order chi connectivity index (χ0) is 22.1. The first-order valence-electron chi connectivity index (χ1n) is 10.2. The van der Waals surface area contributed by atoms with Gasteiger partial charge in [-0.3, -0.25) is 4.79 Å². The van der Waals surface area contributed by atoms with Crippen LogP contribution >= 0.6 is 11.8 Å². The van der Waals surface area contributed by atoms with Crippen molar-refractivity contribution in [1.82, 2.24) is 0 Å². The summed E-state index contributed by atoms with van der Waals surface area (Å²) in [7, 11) is 0. The van der Waals surface area contributed by atoms with Crippen LogP contribution in [-0.4, -0.2) is 5.91 Å². The van der Waals surface area contributed by atoms with Crippen LogP contribution in [0.25, 0.3) is 0 Å². The number of para-hydroxylation sites is 2. The monoisotopic (exact) mass is 427 g/mol. The number of anilines is 2. The summed E-state index contributed by atoms with van der Waals surface area (Å²) in [5, 5.41) is 15.6. The maximum absolute atomic E-state index is 12.8. The molecule has 0 bridgehead atoms. The van der Waals surface area contributed by atoms with Crippen LogP contribution in [0.3, 0.4) is 0 Å². The topological polar surface area (TPSA) is 64.9 Å². The first-order valence-corrected chi connectivity index (χ1v) is 11.0. The normalized spacial score (nSPS) is 12.0. The molecule has 31 heavy (non-hydrogen) atoms. The average Bonchev–Trinajstić information content (AvgIpc) is 2.81. The number of rotatable bonds is 8. The quantitative estimate of drug-likeness (QED) is 0.306. The van der Waals surface area contributed by atoms with Gasteiger partial charge in [-0.25, -0.2) is 0 Å². The molecule has 1 atom stereocenters. The number of nitriles is 1.